The zero-order chi connectivity index (χ0) is 19.3. The lowest BCUT2D eigenvalue weighted by molar-refractivity contribution is -0.384. The number of nitro groups is 1. The van der Waals surface area contributed by atoms with E-state index in [2.05, 4.69) is 0 Å². The molecule has 0 aromatic heterocycles. The fourth-order valence-corrected chi connectivity index (χ4v) is 2.55. The fraction of sp³-hybridized carbons (Fsp3) is 0.235. The number of hydrogen-bond donors (Lipinski definition) is 0. The van der Waals surface area contributed by atoms with E-state index in [1.807, 2.05) is 0 Å². The number of non-ortho nitro benzene ring substituents is 1. The molecular weight excluding hydrogens is 373 g/mol. The van der Waals surface area contributed by atoms with Crippen LogP contribution in [0.4, 0.5) is 18.9 Å². The van der Waals surface area contributed by atoms with Crippen LogP contribution in [0.1, 0.15) is 11.1 Å². The van der Waals surface area contributed by atoms with Crippen molar-refractivity contribution in [1.29, 1.82) is 0 Å². The molecule has 0 saturated carbocycles. The molecule has 2 aromatic carbocycles. The number of benzene rings is 2. The Morgan fingerprint density at radius 2 is 1.77 bits per heavy atom. The van der Waals surface area contributed by atoms with E-state index in [-0.39, 0.29) is 25.2 Å². The van der Waals surface area contributed by atoms with E-state index in [4.69, 9.17) is 11.6 Å². The minimum Gasteiger partial charge on any atom is -0.330 e. The van der Waals surface area contributed by atoms with Crippen LogP contribution in [0.25, 0.3) is 0 Å². The number of rotatable bonds is 6. The average Bonchev–Trinajstić information content (AvgIpc) is 2.57. The van der Waals surface area contributed by atoms with Gasteiger partial charge < -0.3 is 4.90 Å². The van der Waals surface area contributed by atoms with Crippen molar-refractivity contribution in [2.24, 2.45) is 0 Å². The molecule has 0 aliphatic rings. The first-order valence-corrected chi connectivity index (χ1v) is 7.88. The summed E-state index contributed by atoms with van der Waals surface area (Å²) in [6, 6.07) is 11.7. The number of halogens is 4. The van der Waals surface area contributed by atoms with Gasteiger partial charge in [0, 0.05) is 30.2 Å². The van der Waals surface area contributed by atoms with Crippen molar-refractivity contribution in [2.45, 2.75) is 19.1 Å². The first-order chi connectivity index (χ1) is 12.2. The Balaban J connectivity index is 2.13. The van der Waals surface area contributed by atoms with Crippen molar-refractivity contribution in [3.63, 3.8) is 0 Å². The van der Waals surface area contributed by atoms with Crippen LogP contribution in [0.3, 0.4) is 0 Å². The van der Waals surface area contributed by atoms with E-state index in [9.17, 15) is 28.1 Å². The van der Waals surface area contributed by atoms with Crippen LogP contribution < -0.4 is 0 Å². The van der Waals surface area contributed by atoms with Gasteiger partial charge in [-0.1, -0.05) is 35.9 Å². The molecule has 0 N–H and O–H groups in total. The number of hydrogen-bond acceptors (Lipinski definition) is 3. The van der Waals surface area contributed by atoms with Crippen LogP contribution >= 0.6 is 11.6 Å². The minimum atomic E-state index is -4.99. The number of carbonyl (C=O) groups is 1. The number of alkyl halides is 3. The first-order valence-electron chi connectivity index (χ1n) is 7.50. The van der Waals surface area contributed by atoms with Crippen molar-refractivity contribution < 1.29 is 22.9 Å². The van der Waals surface area contributed by atoms with Crippen molar-refractivity contribution in [3.05, 3.63) is 74.8 Å². The van der Waals surface area contributed by atoms with Crippen LogP contribution in [0.15, 0.2) is 48.5 Å². The normalized spacial score (nSPS) is 11.2. The topological polar surface area (TPSA) is 63.5 Å². The number of amides is 1. The summed E-state index contributed by atoms with van der Waals surface area (Å²) < 4.78 is 38.6. The van der Waals surface area contributed by atoms with Gasteiger partial charge in [0.2, 0.25) is 0 Å². The quantitative estimate of drug-likeness (QED) is 0.546. The van der Waals surface area contributed by atoms with Crippen molar-refractivity contribution >= 4 is 23.2 Å². The van der Waals surface area contributed by atoms with Crippen LogP contribution in [-0.4, -0.2) is 28.5 Å². The highest BCUT2D eigenvalue weighted by Gasteiger charge is 2.42. The van der Waals surface area contributed by atoms with Crippen molar-refractivity contribution in [3.8, 4) is 0 Å². The maximum Gasteiger partial charge on any atom is 0.471 e. The molecule has 2 rings (SSSR count). The summed E-state index contributed by atoms with van der Waals surface area (Å²) in [5.74, 6) is -1.95. The lowest BCUT2D eigenvalue weighted by Gasteiger charge is -2.24. The van der Waals surface area contributed by atoms with Gasteiger partial charge >= 0.3 is 12.1 Å². The zero-order valence-electron chi connectivity index (χ0n) is 13.4. The predicted molar refractivity (Wildman–Crippen MR) is 89.7 cm³/mol. The molecule has 26 heavy (non-hydrogen) atoms. The van der Waals surface area contributed by atoms with Gasteiger partial charge in [-0.3, -0.25) is 14.9 Å². The van der Waals surface area contributed by atoms with Gasteiger partial charge in [0.25, 0.3) is 5.69 Å². The molecule has 0 atom stereocenters. The predicted octanol–water partition coefficient (Wildman–Crippen LogP) is 4.38. The summed E-state index contributed by atoms with van der Waals surface area (Å²) in [4.78, 5) is 22.4. The van der Waals surface area contributed by atoms with Gasteiger partial charge in [-0.25, -0.2) is 0 Å². The van der Waals surface area contributed by atoms with E-state index in [1.165, 1.54) is 30.3 Å². The highest BCUT2D eigenvalue weighted by Crippen LogP contribution is 2.22. The van der Waals surface area contributed by atoms with Crippen LogP contribution in [0.2, 0.25) is 5.02 Å². The lowest BCUT2D eigenvalue weighted by Crippen LogP contribution is -2.41. The van der Waals surface area contributed by atoms with E-state index in [0.717, 1.165) is 0 Å². The second kappa shape index (κ2) is 8.18. The van der Waals surface area contributed by atoms with Gasteiger partial charge in [-0.05, 0) is 29.7 Å². The molecule has 0 radical (unpaired) electrons. The average molecular weight is 387 g/mol. The van der Waals surface area contributed by atoms with Crippen LogP contribution in [0, 0.1) is 10.1 Å². The molecule has 0 heterocycles. The molecule has 2 aromatic rings. The number of carbonyl (C=O) groups excluding carboxylic acids is 1. The van der Waals surface area contributed by atoms with Gasteiger partial charge in [-0.15, -0.1) is 0 Å². The number of nitrogens with zero attached hydrogens (tertiary/aromatic N) is 2. The van der Waals surface area contributed by atoms with Gasteiger partial charge in [0.1, 0.15) is 0 Å². The first kappa shape index (κ1) is 19.7. The summed E-state index contributed by atoms with van der Waals surface area (Å²) in [5, 5.41) is 11.0. The zero-order valence-corrected chi connectivity index (χ0v) is 14.1. The second-order valence-corrected chi connectivity index (χ2v) is 5.96. The smallest absolute Gasteiger partial charge is 0.330 e. The lowest BCUT2D eigenvalue weighted by atomic mass is 10.1. The Morgan fingerprint density at radius 1 is 1.12 bits per heavy atom. The SMILES string of the molecule is O=C(N(CCc1ccc([N+](=O)[O-])cc1)Cc1cccc(Cl)c1)C(F)(F)F. The molecule has 0 fully saturated rings. The largest absolute Gasteiger partial charge is 0.471 e. The van der Waals surface area contributed by atoms with Gasteiger partial charge in [-0.2, -0.15) is 13.2 Å². The Kier molecular flexibility index (Phi) is 6.20. The Hall–Kier alpha value is -2.61. The Labute approximate surface area is 152 Å². The summed E-state index contributed by atoms with van der Waals surface area (Å²) in [5.41, 5.74) is 0.941. The van der Waals surface area contributed by atoms with E-state index < -0.39 is 17.0 Å². The number of nitro benzene ring substituents is 1. The monoisotopic (exact) mass is 386 g/mol. The van der Waals surface area contributed by atoms with Crippen molar-refractivity contribution in [2.75, 3.05) is 6.54 Å². The summed E-state index contributed by atoms with van der Waals surface area (Å²) >= 11 is 5.83. The third-order valence-corrected chi connectivity index (χ3v) is 3.84. The molecule has 0 spiro atoms. The molecule has 9 heteroatoms. The Morgan fingerprint density at radius 3 is 2.31 bits per heavy atom. The molecule has 1 amide bonds. The molecule has 0 aliphatic carbocycles. The summed E-state index contributed by atoms with van der Waals surface area (Å²) in [7, 11) is 0. The molecule has 0 aliphatic heterocycles. The van der Waals surface area contributed by atoms with E-state index in [1.54, 1.807) is 18.2 Å². The third-order valence-electron chi connectivity index (χ3n) is 3.61. The van der Waals surface area contributed by atoms with Gasteiger partial charge in [0.15, 0.2) is 0 Å². The molecule has 5 nitrogen and oxygen atoms in total. The Bertz CT molecular complexity index is 795. The minimum absolute atomic E-state index is 0.115. The second-order valence-electron chi connectivity index (χ2n) is 5.53. The highest BCUT2D eigenvalue weighted by atomic mass is 35.5. The highest BCUT2D eigenvalue weighted by molar-refractivity contribution is 6.30. The maximum atomic E-state index is 12.9. The van der Waals surface area contributed by atoms with Crippen LogP contribution in [0.5, 0.6) is 0 Å². The fourth-order valence-electron chi connectivity index (χ4n) is 2.34. The molecular formula is C17H14ClF3N2O3. The van der Waals surface area contributed by atoms with E-state index in [0.29, 0.717) is 21.0 Å². The van der Waals surface area contributed by atoms with E-state index >= 15 is 0 Å². The van der Waals surface area contributed by atoms with Gasteiger partial charge in [0.05, 0.1) is 4.92 Å². The third kappa shape index (κ3) is 5.45. The summed E-state index contributed by atoms with van der Waals surface area (Å²) in [6.07, 6.45) is -4.87. The molecule has 138 valence electrons. The van der Waals surface area contributed by atoms with Crippen LogP contribution in [-0.2, 0) is 17.8 Å². The molecule has 0 bridgehead atoms. The molecule has 0 unspecified atom stereocenters. The molecule has 0 saturated heterocycles. The maximum absolute atomic E-state index is 12.9. The van der Waals surface area contributed by atoms with Crippen molar-refractivity contribution in [1.82, 2.24) is 4.90 Å². The standard InChI is InChI=1S/C17H14ClF3N2O3/c18-14-3-1-2-13(10-14)11-22(16(24)17(19,20)21)9-8-12-4-6-15(7-5-12)23(25)26/h1-7,10H,8-9,11H2. The summed E-state index contributed by atoms with van der Waals surface area (Å²) in [6.45, 7) is -0.436.